The molecule has 1 spiro atoms. The minimum Gasteiger partial charge on any atom is -0.460 e. The molecule has 4 nitrogen and oxygen atoms in total. The first-order valence-electron chi connectivity index (χ1n) is 9.70. The van der Waals surface area contributed by atoms with Crippen LogP contribution in [0.15, 0.2) is 34.7 Å². The molecular formula is C21H26N2O2. The molecule has 0 radical (unpaired) electrons. The van der Waals surface area contributed by atoms with Crippen molar-refractivity contribution in [2.24, 2.45) is 5.41 Å². The first kappa shape index (κ1) is 15.4. The fraction of sp³-hybridized carbons (Fsp3) is 0.571. The highest BCUT2D eigenvalue weighted by molar-refractivity contribution is 5.78. The molecule has 4 heteroatoms. The first-order chi connectivity index (χ1) is 12.2. The van der Waals surface area contributed by atoms with E-state index >= 15 is 0 Å². The van der Waals surface area contributed by atoms with E-state index in [1.807, 2.05) is 12.1 Å². The van der Waals surface area contributed by atoms with Crippen LogP contribution in [0.2, 0.25) is 0 Å². The molecule has 2 aliphatic heterocycles. The van der Waals surface area contributed by atoms with Crippen LogP contribution in [-0.2, 0) is 11.3 Å². The molecule has 1 aliphatic carbocycles. The minimum atomic E-state index is 0.306. The van der Waals surface area contributed by atoms with Crippen LogP contribution in [0.1, 0.15) is 44.3 Å². The lowest BCUT2D eigenvalue weighted by Crippen LogP contribution is -2.54. The van der Waals surface area contributed by atoms with E-state index in [1.165, 1.54) is 31.1 Å². The van der Waals surface area contributed by atoms with Crippen LogP contribution in [0, 0.1) is 5.41 Å². The van der Waals surface area contributed by atoms with Gasteiger partial charge in [-0.15, -0.1) is 0 Å². The largest absolute Gasteiger partial charge is 0.460 e. The van der Waals surface area contributed by atoms with Crippen LogP contribution in [0.4, 0.5) is 0 Å². The van der Waals surface area contributed by atoms with Crippen molar-refractivity contribution >= 4 is 16.9 Å². The van der Waals surface area contributed by atoms with Gasteiger partial charge in [0.1, 0.15) is 11.3 Å². The summed E-state index contributed by atoms with van der Waals surface area (Å²) >= 11 is 0. The van der Waals surface area contributed by atoms with E-state index in [0.29, 0.717) is 17.4 Å². The van der Waals surface area contributed by atoms with Gasteiger partial charge in [0.05, 0.1) is 6.54 Å². The lowest BCUT2D eigenvalue weighted by atomic mass is 9.73. The number of likely N-dealkylation sites (tertiary alicyclic amines) is 2. The number of rotatable bonds is 3. The Hall–Kier alpha value is -1.81. The summed E-state index contributed by atoms with van der Waals surface area (Å²) in [5.74, 6) is 1.45. The zero-order chi connectivity index (χ0) is 16.9. The molecule has 1 amide bonds. The van der Waals surface area contributed by atoms with Crippen LogP contribution in [-0.4, -0.2) is 41.4 Å². The standard InChI is InChI=1S/C21H26N2O2/c24-20-8-10-21(15-23(20)17-6-7-17)9-3-11-22(14-21)13-18-12-16-4-1-2-5-19(16)25-18/h1-2,4-5,12,17H,3,6-11,13-15H2/t21-/m1/s1. The lowest BCUT2D eigenvalue weighted by molar-refractivity contribution is -0.140. The summed E-state index contributed by atoms with van der Waals surface area (Å²) in [7, 11) is 0. The van der Waals surface area contributed by atoms with Crippen LogP contribution in [0.5, 0.6) is 0 Å². The second-order valence-electron chi connectivity index (χ2n) is 8.32. The number of carbonyl (C=O) groups is 1. The van der Waals surface area contributed by atoms with E-state index < -0.39 is 0 Å². The fourth-order valence-electron chi connectivity index (χ4n) is 4.88. The van der Waals surface area contributed by atoms with Crippen LogP contribution < -0.4 is 0 Å². The first-order valence-corrected chi connectivity index (χ1v) is 9.70. The van der Waals surface area contributed by atoms with Gasteiger partial charge in [0.2, 0.25) is 5.91 Å². The average molecular weight is 338 g/mol. The molecule has 3 fully saturated rings. The molecule has 2 saturated heterocycles. The van der Waals surface area contributed by atoms with Crippen molar-refractivity contribution in [1.29, 1.82) is 0 Å². The predicted octanol–water partition coefficient (Wildman–Crippen LogP) is 3.80. The molecule has 3 aliphatic rings. The maximum atomic E-state index is 12.3. The number of fused-ring (bicyclic) bond motifs is 1. The SMILES string of the molecule is O=C1CC[C@@]2(CCCN(Cc3cc4ccccc4o3)C2)CN1C1CC1. The Morgan fingerprint density at radius 1 is 1.16 bits per heavy atom. The van der Waals surface area contributed by atoms with Crippen molar-refractivity contribution in [3.05, 3.63) is 36.1 Å². The van der Waals surface area contributed by atoms with Gasteiger partial charge < -0.3 is 9.32 Å². The fourth-order valence-corrected chi connectivity index (χ4v) is 4.88. The van der Waals surface area contributed by atoms with Gasteiger partial charge in [0.15, 0.2) is 0 Å². The van der Waals surface area contributed by atoms with Gasteiger partial charge in [-0.3, -0.25) is 9.69 Å². The minimum absolute atomic E-state index is 0.306. The van der Waals surface area contributed by atoms with E-state index in [4.69, 9.17) is 4.42 Å². The molecule has 3 heterocycles. The third-order valence-corrected chi connectivity index (χ3v) is 6.28. The van der Waals surface area contributed by atoms with E-state index in [2.05, 4.69) is 28.0 Å². The number of carbonyl (C=O) groups excluding carboxylic acids is 1. The molecule has 2 aromatic rings. The number of para-hydroxylation sites is 1. The molecule has 1 saturated carbocycles. The summed E-state index contributed by atoms with van der Waals surface area (Å²) in [5.41, 5.74) is 1.29. The normalized spacial score (nSPS) is 28.2. The van der Waals surface area contributed by atoms with Gasteiger partial charge in [0, 0.05) is 36.4 Å². The third kappa shape index (κ3) is 2.97. The zero-order valence-electron chi connectivity index (χ0n) is 14.7. The number of nitrogens with zero attached hydrogens (tertiary/aromatic N) is 2. The summed E-state index contributed by atoms with van der Waals surface area (Å²) in [4.78, 5) is 17.0. The van der Waals surface area contributed by atoms with Crippen molar-refractivity contribution in [1.82, 2.24) is 9.80 Å². The number of amides is 1. The summed E-state index contributed by atoms with van der Waals surface area (Å²) in [6, 6.07) is 11.0. The van der Waals surface area contributed by atoms with Crippen LogP contribution in [0.25, 0.3) is 11.0 Å². The second kappa shape index (κ2) is 5.87. The molecule has 132 valence electrons. The lowest BCUT2D eigenvalue weighted by Gasteiger charge is -2.48. The summed E-state index contributed by atoms with van der Waals surface area (Å²) in [6.45, 7) is 4.09. The Balaban J connectivity index is 1.31. The number of hydrogen-bond acceptors (Lipinski definition) is 3. The molecular weight excluding hydrogens is 312 g/mol. The van der Waals surface area contributed by atoms with Gasteiger partial charge in [0.25, 0.3) is 0 Å². The molecule has 1 aromatic heterocycles. The van der Waals surface area contributed by atoms with Gasteiger partial charge >= 0.3 is 0 Å². The van der Waals surface area contributed by atoms with Gasteiger partial charge in [-0.2, -0.15) is 0 Å². The molecule has 25 heavy (non-hydrogen) atoms. The van der Waals surface area contributed by atoms with Gasteiger partial charge in [-0.1, -0.05) is 18.2 Å². The van der Waals surface area contributed by atoms with E-state index in [9.17, 15) is 4.79 Å². The molecule has 5 rings (SSSR count). The van der Waals surface area contributed by atoms with Crippen LogP contribution >= 0.6 is 0 Å². The smallest absolute Gasteiger partial charge is 0.222 e. The molecule has 0 unspecified atom stereocenters. The van der Waals surface area contributed by atoms with Crippen LogP contribution in [0.3, 0.4) is 0 Å². The van der Waals surface area contributed by atoms with E-state index in [0.717, 1.165) is 50.4 Å². The highest BCUT2D eigenvalue weighted by atomic mass is 16.3. The van der Waals surface area contributed by atoms with Crippen molar-refractivity contribution in [2.75, 3.05) is 19.6 Å². The van der Waals surface area contributed by atoms with Gasteiger partial charge in [-0.05, 0) is 50.8 Å². The highest BCUT2D eigenvalue weighted by Crippen LogP contribution is 2.42. The Labute approximate surface area is 148 Å². The highest BCUT2D eigenvalue weighted by Gasteiger charge is 2.45. The Bertz CT molecular complexity index is 761. The maximum Gasteiger partial charge on any atom is 0.222 e. The molecule has 0 N–H and O–H groups in total. The number of hydrogen-bond donors (Lipinski definition) is 0. The molecule has 1 aromatic carbocycles. The van der Waals surface area contributed by atoms with Crippen molar-refractivity contribution in [3.8, 4) is 0 Å². The quantitative estimate of drug-likeness (QED) is 0.854. The summed E-state index contributed by atoms with van der Waals surface area (Å²) in [6.07, 6.45) is 6.72. The third-order valence-electron chi connectivity index (χ3n) is 6.28. The van der Waals surface area contributed by atoms with Crippen molar-refractivity contribution in [2.45, 2.75) is 51.1 Å². The maximum absolute atomic E-state index is 12.3. The summed E-state index contributed by atoms with van der Waals surface area (Å²) < 4.78 is 6.03. The second-order valence-corrected chi connectivity index (χ2v) is 8.32. The van der Waals surface area contributed by atoms with E-state index in [-0.39, 0.29) is 0 Å². The monoisotopic (exact) mass is 338 g/mol. The van der Waals surface area contributed by atoms with Gasteiger partial charge in [-0.25, -0.2) is 0 Å². The summed E-state index contributed by atoms with van der Waals surface area (Å²) in [5, 5.41) is 1.19. The molecule has 0 bridgehead atoms. The molecule has 1 atom stereocenters. The topological polar surface area (TPSA) is 36.7 Å². The number of furan rings is 1. The predicted molar refractivity (Wildman–Crippen MR) is 97.1 cm³/mol. The Morgan fingerprint density at radius 3 is 2.88 bits per heavy atom. The zero-order valence-corrected chi connectivity index (χ0v) is 14.7. The number of piperidine rings is 2. The van der Waals surface area contributed by atoms with Crippen molar-refractivity contribution < 1.29 is 9.21 Å². The number of benzene rings is 1. The average Bonchev–Trinajstić information content (AvgIpc) is 3.37. The Kier molecular flexibility index (Phi) is 3.63. The van der Waals surface area contributed by atoms with E-state index in [1.54, 1.807) is 0 Å². The van der Waals surface area contributed by atoms with Crippen molar-refractivity contribution in [3.63, 3.8) is 0 Å². The Morgan fingerprint density at radius 2 is 2.04 bits per heavy atom.